The van der Waals surface area contributed by atoms with E-state index >= 15 is 0 Å². The summed E-state index contributed by atoms with van der Waals surface area (Å²) in [6.45, 7) is 14.5. The van der Waals surface area contributed by atoms with E-state index in [1.165, 1.54) is 5.69 Å². The van der Waals surface area contributed by atoms with Crippen LogP contribution in [0.3, 0.4) is 0 Å². The molecule has 0 spiro atoms. The van der Waals surface area contributed by atoms with Crippen molar-refractivity contribution >= 4 is 20.0 Å². The van der Waals surface area contributed by atoms with Crippen molar-refractivity contribution in [3.8, 4) is 0 Å². The molecule has 1 fully saturated rings. The highest BCUT2D eigenvalue weighted by molar-refractivity contribution is 6.74. The largest absolute Gasteiger partial charge is 0.459 e. The van der Waals surface area contributed by atoms with Crippen LogP contribution in [0.15, 0.2) is 54.6 Å². The highest BCUT2D eigenvalue weighted by atomic mass is 28.4. The zero-order chi connectivity index (χ0) is 23.2. The van der Waals surface area contributed by atoms with Crippen molar-refractivity contribution in [3.63, 3.8) is 0 Å². The number of carbonyl (C=O) groups excluding carboxylic acids is 1. The summed E-state index contributed by atoms with van der Waals surface area (Å²) in [5.41, 5.74) is 3.23. The third-order valence-electron chi connectivity index (χ3n) is 6.46. The van der Waals surface area contributed by atoms with E-state index in [-0.39, 0.29) is 17.6 Å². The van der Waals surface area contributed by atoms with E-state index < -0.39 is 14.4 Å². The van der Waals surface area contributed by atoms with Gasteiger partial charge in [-0.05, 0) is 41.4 Å². The summed E-state index contributed by atoms with van der Waals surface area (Å²) in [5.74, 6) is -0.295. The van der Waals surface area contributed by atoms with E-state index in [0.29, 0.717) is 6.42 Å². The fourth-order valence-corrected chi connectivity index (χ4v) is 4.65. The van der Waals surface area contributed by atoms with E-state index in [2.05, 4.69) is 63.0 Å². The number of rotatable bonds is 8. The van der Waals surface area contributed by atoms with Crippen LogP contribution in [0.1, 0.15) is 31.9 Å². The number of carbonyl (C=O) groups is 1. The first-order valence-electron chi connectivity index (χ1n) is 11.5. The van der Waals surface area contributed by atoms with Crippen molar-refractivity contribution in [1.29, 1.82) is 0 Å². The van der Waals surface area contributed by atoms with Crippen LogP contribution in [0.25, 0.3) is 0 Å². The summed E-state index contributed by atoms with van der Waals surface area (Å²) in [6.07, 6.45) is -0.113. The van der Waals surface area contributed by atoms with Gasteiger partial charge in [0.1, 0.15) is 12.7 Å². The standard InChI is InChI=1S/C26H37NO4Si/c1-26(2,3)32(4,5)31-24(25(28)30-20-22-9-7-6-8-10-22)19-21-11-13-23(14-12-21)27-15-17-29-18-16-27/h6-14,24H,15-20H2,1-5H3/t24-/m1/s1. The number of benzene rings is 2. The minimum absolute atomic E-state index is 0.00511. The molecule has 3 rings (SSSR count). The molecular formula is C26H37NO4Si. The number of anilines is 1. The van der Waals surface area contributed by atoms with Crippen LogP contribution in [0.5, 0.6) is 0 Å². The zero-order valence-electron chi connectivity index (χ0n) is 20.1. The number of morpholine rings is 1. The molecule has 1 aliphatic rings. The first-order chi connectivity index (χ1) is 15.2. The van der Waals surface area contributed by atoms with E-state index in [4.69, 9.17) is 13.9 Å². The lowest BCUT2D eigenvalue weighted by molar-refractivity contribution is -0.153. The number of esters is 1. The molecule has 1 heterocycles. The summed E-state index contributed by atoms with van der Waals surface area (Å²) in [7, 11) is -2.15. The molecule has 0 amide bonds. The van der Waals surface area contributed by atoms with Crippen molar-refractivity contribution in [2.75, 3.05) is 31.2 Å². The highest BCUT2D eigenvalue weighted by Crippen LogP contribution is 2.38. The third kappa shape index (κ3) is 6.67. The molecule has 0 saturated carbocycles. The second-order valence-electron chi connectivity index (χ2n) is 9.93. The minimum Gasteiger partial charge on any atom is -0.459 e. The Morgan fingerprint density at radius 1 is 1.00 bits per heavy atom. The summed E-state index contributed by atoms with van der Waals surface area (Å²) in [5, 5.41) is 0.00511. The van der Waals surface area contributed by atoms with Crippen molar-refractivity contribution in [2.45, 2.75) is 58.0 Å². The van der Waals surface area contributed by atoms with E-state index in [1.54, 1.807) is 0 Å². The fraction of sp³-hybridized carbons (Fsp3) is 0.500. The molecule has 0 aromatic heterocycles. The molecule has 1 atom stereocenters. The topological polar surface area (TPSA) is 48.0 Å². The van der Waals surface area contributed by atoms with Gasteiger partial charge in [0.25, 0.3) is 0 Å². The van der Waals surface area contributed by atoms with E-state index in [1.807, 2.05) is 30.3 Å². The maximum Gasteiger partial charge on any atom is 0.334 e. The Morgan fingerprint density at radius 2 is 1.62 bits per heavy atom. The molecule has 32 heavy (non-hydrogen) atoms. The van der Waals surface area contributed by atoms with Crippen LogP contribution in [0.4, 0.5) is 5.69 Å². The number of ether oxygens (including phenoxy) is 2. The van der Waals surface area contributed by atoms with Gasteiger partial charge >= 0.3 is 5.97 Å². The Morgan fingerprint density at radius 3 is 2.22 bits per heavy atom. The van der Waals surface area contributed by atoms with Crippen LogP contribution in [-0.2, 0) is 31.7 Å². The van der Waals surface area contributed by atoms with Crippen molar-refractivity contribution in [3.05, 3.63) is 65.7 Å². The fourth-order valence-electron chi connectivity index (χ4n) is 3.41. The second kappa shape index (κ2) is 10.6. The molecule has 5 nitrogen and oxygen atoms in total. The van der Waals surface area contributed by atoms with Gasteiger partial charge in [0.15, 0.2) is 8.32 Å². The first-order valence-corrected chi connectivity index (χ1v) is 14.4. The molecule has 6 heteroatoms. The Bertz CT molecular complexity index is 856. The molecule has 1 saturated heterocycles. The molecule has 0 aliphatic carbocycles. The predicted molar refractivity (Wildman–Crippen MR) is 131 cm³/mol. The maximum absolute atomic E-state index is 13.1. The Labute approximate surface area is 193 Å². The lowest BCUT2D eigenvalue weighted by atomic mass is 10.1. The van der Waals surface area contributed by atoms with Crippen LogP contribution < -0.4 is 4.90 Å². The quantitative estimate of drug-likeness (QED) is 0.404. The van der Waals surface area contributed by atoms with Gasteiger partial charge in [-0.2, -0.15) is 0 Å². The van der Waals surface area contributed by atoms with Gasteiger partial charge in [-0.25, -0.2) is 4.79 Å². The van der Waals surface area contributed by atoms with Gasteiger partial charge < -0.3 is 18.8 Å². The summed E-state index contributed by atoms with van der Waals surface area (Å²) in [4.78, 5) is 15.4. The van der Waals surface area contributed by atoms with Crippen LogP contribution in [0, 0.1) is 0 Å². The number of nitrogens with zero attached hydrogens (tertiary/aromatic N) is 1. The normalized spacial score (nSPS) is 16.0. The smallest absolute Gasteiger partial charge is 0.334 e. The average molecular weight is 456 g/mol. The van der Waals surface area contributed by atoms with E-state index in [0.717, 1.165) is 37.4 Å². The lowest BCUT2D eigenvalue weighted by Crippen LogP contribution is -2.47. The zero-order valence-corrected chi connectivity index (χ0v) is 21.1. The summed E-state index contributed by atoms with van der Waals surface area (Å²) in [6, 6.07) is 18.2. The third-order valence-corrected chi connectivity index (χ3v) is 10.9. The summed E-state index contributed by atoms with van der Waals surface area (Å²) < 4.78 is 17.7. The molecule has 0 radical (unpaired) electrons. The number of hydrogen-bond donors (Lipinski definition) is 0. The number of hydrogen-bond acceptors (Lipinski definition) is 5. The molecule has 0 bridgehead atoms. The van der Waals surface area contributed by atoms with Crippen LogP contribution >= 0.6 is 0 Å². The molecule has 0 N–H and O–H groups in total. The Hall–Kier alpha value is -2.15. The molecule has 0 unspecified atom stereocenters. The summed E-state index contributed by atoms with van der Waals surface area (Å²) >= 11 is 0. The molecular weight excluding hydrogens is 418 g/mol. The van der Waals surface area contributed by atoms with Gasteiger partial charge in [0, 0.05) is 25.2 Å². The average Bonchev–Trinajstić information content (AvgIpc) is 2.78. The molecule has 1 aliphatic heterocycles. The van der Waals surface area contributed by atoms with Crippen LogP contribution in [-0.4, -0.2) is 46.7 Å². The highest BCUT2D eigenvalue weighted by Gasteiger charge is 2.41. The first kappa shape index (κ1) is 24.5. The van der Waals surface area contributed by atoms with Gasteiger partial charge in [-0.3, -0.25) is 0 Å². The van der Waals surface area contributed by atoms with Crippen LogP contribution in [0.2, 0.25) is 18.1 Å². The molecule has 174 valence electrons. The van der Waals surface area contributed by atoms with Crippen molar-refractivity contribution in [2.24, 2.45) is 0 Å². The van der Waals surface area contributed by atoms with E-state index in [9.17, 15) is 4.79 Å². The monoisotopic (exact) mass is 455 g/mol. The molecule has 2 aromatic rings. The van der Waals surface area contributed by atoms with Crippen molar-refractivity contribution < 1.29 is 18.7 Å². The Balaban J connectivity index is 1.71. The lowest BCUT2D eigenvalue weighted by Gasteiger charge is -2.38. The SMILES string of the molecule is CC(C)(C)[Si](C)(C)O[C@H](Cc1ccc(N2CCOCC2)cc1)C(=O)OCc1ccccc1. The van der Waals surface area contributed by atoms with Crippen molar-refractivity contribution in [1.82, 2.24) is 0 Å². The second-order valence-corrected chi connectivity index (χ2v) is 14.7. The van der Waals surface area contributed by atoms with Gasteiger partial charge in [-0.1, -0.05) is 63.2 Å². The molecule has 2 aromatic carbocycles. The van der Waals surface area contributed by atoms with Gasteiger partial charge in [0.2, 0.25) is 0 Å². The minimum atomic E-state index is -2.15. The predicted octanol–water partition coefficient (Wildman–Crippen LogP) is 5.20. The Kier molecular flexibility index (Phi) is 8.14. The van der Waals surface area contributed by atoms with Gasteiger partial charge in [0.05, 0.1) is 13.2 Å². The maximum atomic E-state index is 13.1. The van der Waals surface area contributed by atoms with Gasteiger partial charge in [-0.15, -0.1) is 0 Å².